The first-order valence-electron chi connectivity index (χ1n) is 9.03. The van der Waals surface area contributed by atoms with Gasteiger partial charge in [-0.15, -0.1) is 0 Å². The molecule has 1 aliphatic carbocycles. The zero-order valence-electron chi connectivity index (χ0n) is 14.4. The van der Waals surface area contributed by atoms with Gasteiger partial charge in [0.2, 0.25) is 0 Å². The lowest BCUT2D eigenvalue weighted by molar-refractivity contribution is -0.139. The molecule has 0 aromatic heterocycles. The van der Waals surface area contributed by atoms with Gasteiger partial charge in [-0.25, -0.2) is 0 Å². The molecule has 1 saturated carbocycles. The van der Waals surface area contributed by atoms with Gasteiger partial charge in [0.25, 0.3) is 5.91 Å². The summed E-state index contributed by atoms with van der Waals surface area (Å²) < 4.78 is 5.62. The smallest absolute Gasteiger partial charge is 0.250 e. The van der Waals surface area contributed by atoms with Crippen molar-refractivity contribution in [1.82, 2.24) is 10.2 Å². The van der Waals surface area contributed by atoms with Crippen LogP contribution in [0.2, 0.25) is 0 Å². The van der Waals surface area contributed by atoms with E-state index in [2.05, 4.69) is 17.1 Å². The number of hydrogen-bond acceptors (Lipinski definition) is 4. The van der Waals surface area contributed by atoms with Gasteiger partial charge in [-0.05, 0) is 37.8 Å². The first-order chi connectivity index (χ1) is 11.6. The Hall–Kier alpha value is -1.43. The number of amides is 1. The number of aliphatic hydroxyl groups is 1. The molecular weight excluding hydrogens is 304 g/mol. The van der Waals surface area contributed by atoms with Gasteiger partial charge in [0.05, 0.1) is 12.2 Å². The van der Waals surface area contributed by atoms with E-state index >= 15 is 0 Å². The molecule has 132 valence electrons. The van der Waals surface area contributed by atoms with Crippen molar-refractivity contribution in [2.24, 2.45) is 0 Å². The molecule has 5 nitrogen and oxygen atoms in total. The molecule has 0 spiro atoms. The molecule has 1 aromatic rings. The Bertz CT molecular complexity index is 541. The average Bonchev–Trinajstić information content (AvgIpc) is 2.64. The largest absolute Gasteiger partial charge is 0.385 e. The van der Waals surface area contributed by atoms with Crippen LogP contribution in [0.4, 0.5) is 0 Å². The summed E-state index contributed by atoms with van der Waals surface area (Å²) in [6.45, 7) is 5.23. The van der Waals surface area contributed by atoms with E-state index in [1.54, 1.807) is 0 Å². The van der Waals surface area contributed by atoms with Gasteiger partial charge < -0.3 is 15.2 Å². The third kappa shape index (κ3) is 3.97. The molecule has 1 aliphatic heterocycles. The highest BCUT2D eigenvalue weighted by Gasteiger charge is 2.36. The van der Waals surface area contributed by atoms with Crippen LogP contribution in [0.1, 0.15) is 38.2 Å². The number of carbonyl (C=O) groups excluding carboxylic acids is 1. The number of nitrogens with zero attached hydrogens (tertiary/aromatic N) is 1. The lowest BCUT2D eigenvalue weighted by atomic mass is 9.78. The molecule has 1 unspecified atom stereocenters. The molecule has 2 N–H and O–H groups in total. The minimum atomic E-state index is -0.761. The fourth-order valence-corrected chi connectivity index (χ4v) is 3.72. The molecular formula is C19H28N2O3. The van der Waals surface area contributed by atoms with E-state index in [-0.39, 0.29) is 18.1 Å². The Morgan fingerprint density at radius 3 is 2.71 bits per heavy atom. The van der Waals surface area contributed by atoms with Gasteiger partial charge >= 0.3 is 0 Å². The topological polar surface area (TPSA) is 61.8 Å². The van der Waals surface area contributed by atoms with Crippen LogP contribution in [0.25, 0.3) is 0 Å². The molecule has 1 heterocycles. The Morgan fingerprint density at radius 2 is 2.04 bits per heavy atom. The van der Waals surface area contributed by atoms with Crippen LogP contribution >= 0.6 is 0 Å². The fourth-order valence-electron chi connectivity index (χ4n) is 3.72. The lowest BCUT2D eigenvalue weighted by Gasteiger charge is -2.38. The molecule has 24 heavy (non-hydrogen) atoms. The monoisotopic (exact) mass is 332 g/mol. The van der Waals surface area contributed by atoms with Crippen molar-refractivity contribution in [1.29, 1.82) is 0 Å². The number of rotatable bonds is 4. The van der Waals surface area contributed by atoms with Crippen LogP contribution < -0.4 is 5.32 Å². The first-order valence-corrected chi connectivity index (χ1v) is 9.03. The third-order valence-corrected chi connectivity index (χ3v) is 5.36. The molecule has 1 atom stereocenters. The van der Waals surface area contributed by atoms with E-state index in [1.807, 2.05) is 30.3 Å². The van der Waals surface area contributed by atoms with Crippen LogP contribution in [0.3, 0.4) is 0 Å². The number of morpholine rings is 1. The molecule has 2 fully saturated rings. The number of likely N-dealkylation sites (N-methyl/N-ethyl adjacent to an activating group) is 1. The van der Waals surface area contributed by atoms with Crippen molar-refractivity contribution in [3.05, 3.63) is 35.9 Å². The molecule has 2 aliphatic rings. The molecule has 0 bridgehead atoms. The maximum absolute atomic E-state index is 12.4. The Kier molecular flexibility index (Phi) is 5.54. The second-order valence-electron chi connectivity index (χ2n) is 6.93. The van der Waals surface area contributed by atoms with Gasteiger partial charge in [0, 0.05) is 19.1 Å². The molecule has 1 saturated heterocycles. The standard InChI is InChI=1S/C19H28N2O3/c1-2-21-12-13-24-17(14-21)18(22)20-16-8-10-19(23,11-9-16)15-6-4-3-5-7-15/h3-7,16-17,23H,2,8-14H2,1H3,(H,20,22). The van der Waals surface area contributed by atoms with Gasteiger partial charge in [0.15, 0.2) is 0 Å². The third-order valence-electron chi connectivity index (χ3n) is 5.36. The summed E-state index contributed by atoms with van der Waals surface area (Å²) in [4.78, 5) is 14.7. The maximum atomic E-state index is 12.4. The number of hydrogen-bond donors (Lipinski definition) is 2. The van der Waals surface area contributed by atoms with E-state index in [9.17, 15) is 9.90 Å². The summed E-state index contributed by atoms with van der Waals surface area (Å²) in [6, 6.07) is 9.97. The predicted octanol–water partition coefficient (Wildman–Crippen LogP) is 1.65. The van der Waals surface area contributed by atoms with E-state index < -0.39 is 5.60 Å². The number of ether oxygens (including phenoxy) is 1. The average molecular weight is 332 g/mol. The van der Waals surface area contributed by atoms with Crippen LogP contribution in [0.15, 0.2) is 30.3 Å². The molecule has 3 rings (SSSR count). The summed E-state index contributed by atoms with van der Waals surface area (Å²) >= 11 is 0. The van der Waals surface area contributed by atoms with Gasteiger partial charge in [-0.1, -0.05) is 37.3 Å². The van der Waals surface area contributed by atoms with E-state index in [4.69, 9.17) is 4.74 Å². The van der Waals surface area contributed by atoms with E-state index in [0.717, 1.165) is 31.5 Å². The van der Waals surface area contributed by atoms with Crippen LogP contribution in [-0.2, 0) is 15.1 Å². The van der Waals surface area contributed by atoms with Gasteiger partial charge in [0.1, 0.15) is 6.10 Å². The van der Waals surface area contributed by atoms with Crippen LogP contribution in [-0.4, -0.2) is 54.3 Å². The quantitative estimate of drug-likeness (QED) is 0.880. The van der Waals surface area contributed by atoms with Crippen molar-refractivity contribution in [2.75, 3.05) is 26.2 Å². The summed E-state index contributed by atoms with van der Waals surface area (Å²) in [7, 11) is 0. The van der Waals surface area contributed by atoms with E-state index in [1.165, 1.54) is 0 Å². The Labute approximate surface area is 144 Å². The summed E-state index contributed by atoms with van der Waals surface area (Å²) in [5.74, 6) is -0.0108. The highest BCUT2D eigenvalue weighted by atomic mass is 16.5. The second kappa shape index (κ2) is 7.64. The van der Waals surface area contributed by atoms with Crippen LogP contribution in [0, 0.1) is 0 Å². The Balaban J connectivity index is 1.51. The van der Waals surface area contributed by atoms with E-state index in [0.29, 0.717) is 26.0 Å². The molecule has 1 amide bonds. The Morgan fingerprint density at radius 1 is 1.33 bits per heavy atom. The normalized spacial score (nSPS) is 31.6. The number of carbonyl (C=O) groups is 1. The van der Waals surface area contributed by atoms with Crippen molar-refractivity contribution in [2.45, 2.75) is 50.4 Å². The minimum absolute atomic E-state index is 0.0108. The van der Waals surface area contributed by atoms with Crippen molar-refractivity contribution in [3.63, 3.8) is 0 Å². The van der Waals surface area contributed by atoms with Gasteiger partial charge in [-0.2, -0.15) is 0 Å². The van der Waals surface area contributed by atoms with Gasteiger partial charge in [-0.3, -0.25) is 9.69 Å². The first kappa shape index (κ1) is 17.4. The second-order valence-corrected chi connectivity index (χ2v) is 6.93. The predicted molar refractivity (Wildman–Crippen MR) is 92.6 cm³/mol. The minimum Gasteiger partial charge on any atom is -0.385 e. The summed E-state index contributed by atoms with van der Waals surface area (Å²) in [6.07, 6.45) is 2.57. The summed E-state index contributed by atoms with van der Waals surface area (Å²) in [5, 5.41) is 14.0. The van der Waals surface area contributed by atoms with Crippen molar-refractivity contribution in [3.8, 4) is 0 Å². The highest BCUT2D eigenvalue weighted by molar-refractivity contribution is 5.81. The highest BCUT2D eigenvalue weighted by Crippen LogP contribution is 2.36. The zero-order valence-corrected chi connectivity index (χ0v) is 14.4. The SMILES string of the molecule is CCN1CCOC(C(=O)NC2CCC(O)(c3ccccc3)CC2)C1. The maximum Gasteiger partial charge on any atom is 0.250 e. The molecule has 1 aromatic carbocycles. The number of nitrogens with one attached hydrogen (secondary N) is 1. The van der Waals surface area contributed by atoms with Crippen molar-refractivity contribution < 1.29 is 14.6 Å². The molecule has 5 heteroatoms. The summed E-state index contributed by atoms with van der Waals surface area (Å²) in [5.41, 5.74) is 0.215. The fraction of sp³-hybridized carbons (Fsp3) is 0.632. The zero-order chi connectivity index (χ0) is 17.0. The molecule has 0 radical (unpaired) electrons. The van der Waals surface area contributed by atoms with Crippen LogP contribution in [0.5, 0.6) is 0 Å². The number of benzene rings is 1. The van der Waals surface area contributed by atoms with Crippen molar-refractivity contribution >= 4 is 5.91 Å². The lowest BCUT2D eigenvalue weighted by Crippen LogP contribution is -2.52.